The summed E-state index contributed by atoms with van der Waals surface area (Å²) >= 11 is 3.42. The van der Waals surface area contributed by atoms with Crippen LogP contribution >= 0.6 is 15.9 Å². The summed E-state index contributed by atoms with van der Waals surface area (Å²) in [5.74, 6) is 0.563. The lowest BCUT2D eigenvalue weighted by atomic mass is 10.1. The molecule has 2 rings (SSSR count). The minimum Gasteiger partial charge on any atom is -0.492 e. The number of benzene rings is 2. The number of alkyl halides is 1. The zero-order valence-electron chi connectivity index (χ0n) is 11.6. The summed E-state index contributed by atoms with van der Waals surface area (Å²) in [4.78, 5) is 11.9. The van der Waals surface area contributed by atoms with E-state index < -0.39 is 0 Å². The molecule has 0 aliphatic rings. The fourth-order valence-corrected chi connectivity index (χ4v) is 2.07. The van der Waals surface area contributed by atoms with E-state index in [4.69, 9.17) is 9.47 Å². The van der Waals surface area contributed by atoms with Crippen molar-refractivity contribution in [1.82, 2.24) is 0 Å². The van der Waals surface area contributed by atoms with Crippen LogP contribution in [0.15, 0.2) is 36.4 Å². The van der Waals surface area contributed by atoms with Gasteiger partial charge in [-0.25, -0.2) is 4.79 Å². The Morgan fingerprint density at radius 1 is 1.25 bits per heavy atom. The molecule has 0 saturated heterocycles. The largest absolute Gasteiger partial charge is 0.492 e. The van der Waals surface area contributed by atoms with Crippen molar-refractivity contribution in [1.29, 1.82) is 0 Å². The first kappa shape index (κ1) is 14.9. The van der Waals surface area contributed by atoms with Gasteiger partial charge in [-0.1, -0.05) is 47.1 Å². The number of ether oxygens (including phenoxy) is 2. The average Bonchev–Trinajstić information content (AvgIpc) is 2.50. The van der Waals surface area contributed by atoms with Gasteiger partial charge in [-0.2, -0.15) is 0 Å². The van der Waals surface area contributed by atoms with Crippen molar-refractivity contribution >= 4 is 32.7 Å². The van der Waals surface area contributed by atoms with Crippen LogP contribution < -0.4 is 4.74 Å². The van der Waals surface area contributed by atoms with Crippen molar-refractivity contribution in [3.8, 4) is 5.75 Å². The predicted octanol–water partition coefficient (Wildman–Crippen LogP) is 4.04. The maximum absolute atomic E-state index is 11.9. The summed E-state index contributed by atoms with van der Waals surface area (Å²) in [6, 6.07) is 11.6. The summed E-state index contributed by atoms with van der Waals surface area (Å²) in [5.41, 5.74) is 0.466. The molecule has 3 nitrogen and oxygen atoms in total. The SMILES string of the molecule is COC(=O)c1cc2ccccc2cc1OCC(C)CBr. The number of carbonyl (C=O) groups excluding carboxylic acids is 1. The van der Waals surface area contributed by atoms with Gasteiger partial charge in [0.2, 0.25) is 0 Å². The number of hydrogen-bond acceptors (Lipinski definition) is 3. The smallest absolute Gasteiger partial charge is 0.341 e. The number of hydrogen-bond donors (Lipinski definition) is 0. The van der Waals surface area contributed by atoms with Gasteiger partial charge in [-0.3, -0.25) is 0 Å². The molecular formula is C16H17BrO3. The van der Waals surface area contributed by atoms with E-state index in [1.54, 1.807) is 0 Å². The monoisotopic (exact) mass is 336 g/mol. The zero-order valence-corrected chi connectivity index (χ0v) is 13.1. The van der Waals surface area contributed by atoms with Gasteiger partial charge in [-0.05, 0) is 28.8 Å². The van der Waals surface area contributed by atoms with Crippen LogP contribution in [0.25, 0.3) is 10.8 Å². The van der Waals surface area contributed by atoms with E-state index in [-0.39, 0.29) is 5.97 Å². The first-order chi connectivity index (χ1) is 9.65. The fourth-order valence-electron chi connectivity index (χ4n) is 1.88. The van der Waals surface area contributed by atoms with Gasteiger partial charge in [-0.15, -0.1) is 0 Å². The van der Waals surface area contributed by atoms with Crippen molar-refractivity contribution in [2.24, 2.45) is 5.92 Å². The molecule has 106 valence electrons. The molecule has 0 saturated carbocycles. The third kappa shape index (κ3) is 3.31. The van der Waals surface area contributed by atoms with E-state index in [0.29, 0.717) is 23.8 Å². The van der Waals surface area contributed by atoms with E-state index in [2.05, 4.69) is 22.9 Å². The number of methoxy groups -OCH3 is 1. The van der Waals surface area contributed by atoms with E-state index >= 15 is 0 Å². The van der Waals surface area contributed by atoms with Gasteiger partial charge < -0.3 is 9.47 Å². The Labute approximate surface area is 127 Å². The van der Waals surface area contributed by atoms with Crippen molar-refractivity contribution in [3.63, 3.8) is 0 Å². The Kier molecular flexibility index (Phi) is 5.01. The number of carbonyl (C=O) groups is 1. The van der Waals surface area contributed by atoms with Gasteiger partial charge in [0.25, 0.3) is 0 Å². The molecule has 0 aromatic heterocycles. The quantitative estimate of drug-likeness (QED) is 0.610. The van der Waals surface area contributed by atoms with E-state index in [1.165, 1.54) is 7.11 Å². The number of esters is 1. The molecular weight excluding hydrogens is 320 g/mol. The van der Waals surface area contributed by atoms with Crippen LogP contribution in [0, 0.1) is 5.92 Å². The topological polar surface area (TPSA) is 35.5 Å². The average molecular weight is 337 g/mol. The van der Waals surface area contributed by atoms with Crippen LogP contribution in [0.1, 0.15) is 17.3 Å². The Bertz CT molecular complexity index is 610. The highest BCUT2D eigenvalue weighted by molar-refractivity contribution is 9.09. The molecule has 0 spiro atoms. The summed E-state index contributed by atoms with van der Waals surface area (Å²) in [6.07, 6.45) is 0. The van der Waals surface area contributed by atoms with E-state index in [9.17, 15) is 4.79 Å². The lowest BCUT2D eigenvalue weighted by Gasteiger charge is -2.14. The van der Waals surface area contributed by atoms with Gasteiger partial charge in [0.1, 0.15) is 11.3 Å². The van der Waals surface area contributed by atoms with Crippen molar-refractivity contribution in [2.75, 3.05) is 19.0 Å². The van der Waals surface area contributed by atoms with Crippen molar-refractivity contribution in [3.05, 3.63) is 42.0 Å². The Hall–Kier alpha value is -1.55. The second-order valence-corrected chi connectivity index (χ2v) is 5.41. The van der Waals surface area contributed by atoms with E-state index in [1.807, 2.05) is 36.4 Å². The minimum absolute atomic E-state index is 0.368. The highest BCUT2D eigenvalue weighted by Crippen LogP contribution is 2.27. The Morgan fingerprint density at radius 3 is 2.50 bits per heavy atom. The van der Waals surface area contributed by atoms with Gasteiger partial charge >= 0.3 is 5.97 Å². The zero-order chi connectivity index (χ0) is 14.5. The van der Waals surface area contributed by atoms with Crippen LogP contribution in [0.2, 0.25) is 0 Å². The second-order valence-electron chi connectivity index (χ2n) is 4.76. The molecule has 1 unspecified atom stereocenters. The van der Waals surface area contributed by atoms with E-state index in [0.717, 1.165) is 16.1 Å². The maximum atomic E-state index is 11.9. The van der Waals surface area contributed by atoms with Crippen LogP contribution in [0.3, 0.4) is 0 Å². The van der Waals surface area contributed by atoms with Gasteiger partial charge in [0, 0.05) is 5.33 Å². The van der Waals surface area contributed by atoms with Crippen molar-refractivity contribution in [2.45, 2.75) is 6.92 Å². The standard InChI is InChI=1S/C16H17BrO3/c1-11(9-17)10-20-15-8-13-6-4-3-5-12(13)7-14(15)16(18)19-2/h3-8,11H,9-10H2,1-2H3. The first-order valence-electron chi connectivity index (χ1n) is 6.45. The highest BCUT2D eigenvalue weighted by Gasteiger charge is 2.15. The fraction of sp³-hybridized carbons (Fsp3) is 0.312. The Morgan fingerprint density at radius 2 is 1.90 bits per heavy atom. The molecule has 0 N–H and O–H groups in total. The van der Waals surface area contributed by atoms with Crippen LogP contribution in [0.5, 0.6) is 5.75 Å². The summed E-state index contributed by atoms with van der Waals surface area (Å²) in [7, 11) is 1.38. The molecule has 20 heavy (non-hydrogen) atoms. The lowest BCUT2D eigenvalue weighted by Crippen LogP contribution is -2.12. The molecule has 2 aromatic carbocycles. The summed E-state index contributed by atoms with van der Waals surface area (Å²) < 4.78 is 10.6. The molecule has 0 radical (unpaired) electrons. The third-order valence-corrected chi connectivity index (χ3v) is 4.15. The molecule has 0 aliphatic heterocycles. The Balaban J connectivity index is 2.40. The van der Waals surface area contributed by atoms with Gasteiger partial charge in [0.15, 0.2) is 0 Å². The van der Waals surface area contributed by atoms with Crippen LogP contribution in [-0.2, 0) is 4.74 Å². The highest BCUT2D eigenvalue weighted by atomic mass is 79.9. The number of rotatable bonds is 5. The normalized spacial score (nSPS) is 12.2. The maximum Gasteiger partial charge on any atom is 0.341 e. The molecule has 4 heteroatoms. The second kappa shape index (κ2) is 6.75. The number of fused-ring (bicyclic) bond motifs is 1. The summed E-state index contributed by atoms with van der Waals surface area (Å²) in [6.45, 7) is 2.63. The lowest BCUT2D eigenvalue weighted by molar-refractivity contribution is 0.0595. The number of halogens is 1. The molecule has 1 atom stereocenters. The van der Waals surface area contributed by atoms with Crippen LogP contribution in [0.4, 0.5) is 0 Å². The molecule has 0 heterocycles. The molecule has 0 fully saturated rings. The molecule has 0 aliphatic carbocycles. The van der Waals surface area contributed by atoms with Gasteiger partial charge in [0.05, 0.1) is 13.7 Å². The molecule has 0 bridgehead atoms. The van der Waals surface area contributed by atoms with Crippen LogP contribution in [-0.4, -0.2) is 25.0 Å². The molecule has 0 amide bonds. The molecule has 2 aromatic rings. The summed E-state index contributed by atoms with van der Waals surface area (Å²) in [5, 5.41) is 2.89. The third-order valence-electron chi connectivity index (χ3n) is 3.04. The van der Waals surface area contributed by atoms with Crippen molar-refractivity contribution < 1.29 is 14.3 Å². The first-order valence-corrected chi connectivity index (χ1v) is 7.57. The minimum atomic E-state index is -0.378. The predicted molar refractivity (Wildman–Crippen MR) is 83.7 cm³/mol.